The molecular formula is C10H17N5O. The number of hydrogen-bond acceptors (Lipinski definition) is 4. The fourth-order valence-corrected chi connectivity index (χ4v) is 1.96. The number of aromatic amines is 1. The number of nitrogens with zero attached hydrogens (tertiary/aromatic N) is 2. The van der Waals surface area contributed by atoms with Crippen molar-refractivity contribution < 1.29 is 4.79 Å². The van der Waals surface area contributed by atoms with Crippen LogP contribution in [0.1, 0.15) is 42.6 Å². The molecule has 1 heterocycles. The van der Waals surface area contributed by atoms with E-state index in [9.17, 15) is 4.79 Å². The summed E-state index contributed by atoms with van der Waals surface area (Å²) < 4.78 is 0. The van der Waals surface area contributed by atoms with Crippen LogP contribution in [-0.2, 0) is 6.42 Å². The first-order valence-electron chi connectivity index (χ1n) is 5.68. The van der Waals surface area contributed by atoms with Crippen LogP contribution in [0.2, 0.25) is 0 Å². The number of H-pyrrole nitrogens is 1. The molecule has 2 rings (SSSR count). The van der Waals surface area contributed by atoms with Crippen molar-refractivity contribution in [3.63, 3.8) is 0 Å². The van der Waals surface area contributed by atoms with Crippen molar-refractivity contribution in [2.24, 2.45) is 5.73 Å². The van der Waals surface area contributed by atoms with E-state index in [-0.39, 0.29) is 23.8 Å². The van der Waals surface area contributed by atoms with Gasteiger partial charge < -0.3 is 11.1 Å². The summed E-state index contributed by atoms with van der Waals surface area (Å²) in [5.41, 5.74) is 5.87. The van der Waals surface area contributed by atoms with Crippen LogP contribution in [0.25, 0.3) is 0 Å². The molecule has 1 aromatic rings. The number of hydrogen-bond donors (Lipinski definition) is 3. The molecule has 2 unspecified atom stereocenters. The Morgan fingerprint density at radius 3 is 3.00 bits per heavy atom. The van der Waals surface area contributed by atoms with Crippen LogP contribution in [0.3, 0.4) is 0 Å². The van der Waals surface area contributed by atoms with E-state index in [1.54, 1.807) is 0 Å². The Hall–Kier alpha value is -1.43. The van der Waals surface area contributed by atoms with E-state index in [0.717, 1.165) is 31.5 Å². The Kier molecular flexibility index (Phi) is 3.19. The lowest BCUT2D eigenvalue weighted by Gasteiger charge is -2.15. The van der Waals surface area contributed by atoms with E-state index >= 15 is 0 Å². The first kappa shape index (κ1) is 11.1. The van der Waals surface area contributed by atoms with Gasteiger partial charge in [0.05, 0.1) is 0 Å². The normalized spacial score (nSPS) is 24.6. The number of nitrogens with two attached hydrogens (primary N) is 1. The number of aromatic nitrogens is 3. The van der Waals surface area contributed by atoms with Gasteiger partial charge in [-0.25, -0.2) is 4.98 Å². The Balaban J connectivity index is 1.97. The zero-order chi connectivity index (χ0) is 11.5. The zero-order valence-corrected chi connectivity index (χ0v) is 9.36. The second-order valence-electron chi connectivity index (χ2n) is 4.13. The van der Waals surface area contributed by atoms with Crippen LogP contribution >= 0.6 is 0 Å². The van der Waals surface area contributed by atoms with Crippen LogP contribution in [-0.4, -0.2) is 33.2 Å². The van der Waals surface area contributed by atoms with Gasteiger partial charge in [0.15, 0.2) is 0 Å². The van der Waals surface area contributed by atoms with Crippen molar-refractivity contribution in [3.8, 4) is 0 Å². The summed E-state index contributed by atoms with van der Waals surface area (Å²) >= 11 is 0. The summed E-state index contributed by atoms with van der Waals surface area (Å²) in [6.45, 7) is 1.95. The molecule has 1 aromatic heterocycles. The Labute approximate surface area is 94.0 Å². The van der Waals surface area contributed by atoms with Crippen molar-refractivity contribution in [2.75, 3.05) is 0 Å². The third-order valence-corrected chi connectivity index (χ3v) is 2.96. The largest absolute Gasteiger partial charge is 0.345 e. The molecule has 0 saturated heterocycles. The molecule has 6 nitrogen and oxygen atoms in total. The molecule has 1 fully saturated rings. The number of rotatable bonds is 3. The van der Waals surface area contributed by atoms with Gasteiger partial charge >= 0.3 is 0 Å². The molecule has 1 amide bonds. The van der Waals surface area contributed by atoms with E-state index < -0.39 is 0 Å². The lowest BCUT2D eigenvalue weighted by molar-refractivity contribution is 0.0924. The second-order valence-corrected chi connectivity index (χ2v) is 4.13. The van der Waals surface area contributed by atoms with Gasteiger partial charge in [-0.1, -0.05) is 6.92 Å². The van der Waals surface area contributed by atoms with E-state index in [1.807, 2.05) is 6.92 Å². The highest BCUT2D eigenvalue weighted by molar-refractivity contribution is 5.90. The molecule has 1 saturated carbocycles. The fraction of sp³-hybridized carbons (Fsp3) is 0.700. The summed E-state index contributed by atoms with van der Waals surface area (Å²) in [6, 6.07) is 0.129. The molecule has 0 radical (unpaired) electrons. The number of carbonyl (C=O) groups is 1. The van der Waals surface area contributed by atoms with Gasteiger partial charge in [0.25, 0.3) is 5.91 Å². The summed E-state index contributed by atoms with van der Waals surface area (Å²) in [5, 5.41) is 9.46. The topological polar surface area (TPSA) is 96.7 Å². The maximum atomic E-state index is 11.8. The third-order valence-electron chi connectivity index (χ3n) is 2.96. The number of carbonyl (C=O) groups excluding carboxylic acids is 1. The first-order valence-corrected chi connectivity index (χ1v) is 5.68. The van der Waals surface area contributed by atoms with E-state index in [0.29, 0.717) is 0 Å². The number of amides is 1. The lowest BCUT2D eigenvalue weighted by atomic mass is 10.2. The molecule has 2 atom stereocenters. The Morgan fingerprint density at radius 2 is 2.44 bits per heavy atom. The maximum absolute atomic E-state index is 11.8. The molecule has 6 heteroatoms. The van der Waals surface area contributed by atoms with Gasteiger partial charge in [-0.3, -0.25) is 9.89 Å². The highest BCUT2D eigenvalue weighted by Crippen LogP contribution is 2.17. The first-order chi connectivity index (χ1) is 7.70. The summed E-state index contributed by atoms with van der Waals surface area (Å²) in [6.07, 6.45) is 3.72. The summed E-state index contributed by atoms with van der Waals surface area (Å²) in [4.78, 5) is 15.8. The van der Waals surface area contributed by atoms with Crippen LogP contribution in [0, 0.1) is 0 Å². The van der Waals surface area contributed by atoms with E-state index in [1.165, 1.54) is 0 Å². The van der Waals surface area contributed by atoms with Gasteiger partial charge in [-0.2, -0.15) is 0 Å². The quantitative estimate of drug-likeness (QED) is 0.670. The lowest BCUT2D eigenvalue weighted by Crippen LogP contribution is -2.44. The third kappa shape index (κ3) is 2.21. The molecule has 16 heavy (non-hydrogen) atoms. The van der Waals surface area contributed by atoms with Gasteiger partial charge in [0, 0.05) is 18.5 Å². The van der Waals surface area contributed by atoms with Crippen LogP contribution in [0.5, 0.6) is 0 Å². The zero-order valence-electron chi connectivity index (χ0n) is 9.36. The van der Waals surface area contributed by atoms with Crippen molar-refractivity contribution in [1.29, 1.82) is 0 Å². The molecule has 0 aromatic carbocycles. The van der Waals surface area contributed by atoms with Crippen LogP contribution < -0.4 is 11.1 Å². The highest BCUT2D eigenvalue weighted by Gasteiger charge is 2.26. The summed E-state index contributed by atoms with van der Waals surface area (Å²) in [5.74, 6) is 0.690. The average molecular weight is 223 g/mol. The maximum Gasteiger partial charge on any atom is 0.291 e. The Bertz CT molecular complexity index is 375. The monoisotopic (exact) mass is 223 g/mol. The SMILES string of the molecule is CCc1nc(C(=O)NC2CCCC2N)n[nH]1. The minimum atomic E-state index is -0.238. The van der Waals surface area contributed by atoms with Gasteiger partial charge in [-0.05, 0) is 19.3 Å². The smallest absolute Gasteiger partial charge is 0.291 e. The molecule has 88 valence electrons. The molecule has 1 aliphatic rings. The Morgan fingerprint density at radius 1 is 1.62 bits per heavy atom. The minimum Gasteiger partial charge on any atom is -0.345 e. The number of aryl methyl sites for hydroxylation is 1. The molecule has 4 N–H and O–H groups in total. The molecule has 0 spiro atoms. The van der Waals surface area contributed by atoms with Crippen molar-refractivity contribution in [3.05, 3.63) is 11.6 Å². The van der Waals surface area contributed by atoms with Crippen molar-refractivity contribution >= 4 is 5.91 Å². The number of nitrogens with one attached hydrogen (secondary N) is 2. The minimum absolute atomic E-state index is 0.0635. The van der Waals surface area contributed by atoms with Crippen LogP contribution in [0.15, 0.2) is 0 Å². The van der Waals surface area contributed by atoms with Gasteiger partial charge in [0.1, 0.15) is 5.82 Å². The predicted molar refractivity (Wildman–Crippen MR) is 58.8 cm³/mol. The van der Waals surface area contributed by atoms with E-state index in [4.69, 9.17) is 5.73 Å². The molecule has 1 aliphatic carbocycles. The molecule has 0 bridgehead atoms. The van der Waals surface area contributed by atoms with E-state index in [2.05, 4.69) is 20.5 Å². The predicted octanol–water partition coefficient (Wildman–Crippen LogP) is -0.0233. The fourth-order valence-electron chi connectivity index (χ4n) is 1.96. The van der Waals surface area contributed by atoms with Crippen molar-refractivity contribution in [1.82, 2.24) is 20.5 Å². The van der Waals surface area contributed by atoms with Gasteiger partial charge in [-0.15, -0.1) is 5.10 Å². The van der Waals surface area contributed by atoms with Crippen molar-refractivity contribution in [2.45, 2.75) is 44.7 Å². The highest BCUT2D eigenvalue weighted by atomic mass is 16.2. The average Bonchev–Trinajstić information content (AvgIpc) is 2.88. The molecule has 0 aliphatic heterocycles. The molecular weight excluding hydrogens is 206 g/mol. The standard InChI is InChI=1S/C10H17N5O/c1-2-8-13-9(15-14-8)10(16)12-7-5-3-4-6(7)11/h6-7H,2-5,11H2,1H3,(H,12,16)(H,13,14,15). The van der Waals surface area contributed by atoms with Gasteiger partial charge in [0.2, 0.25) is 5.82 Å². The second kappa shape index (κ2) is 4.61. The van der Waals surface area contributed by atoms with Crippen LogP contribution in [0.4, 0.5) is 0 Å². The summed E-state index contributed by atoms with van der Waals surface area (Å²) in [7, 11) is 0.